The Bertz CT molecular complexity index is 461. The van der Waals surface area contributed by atoms with Gasteiger partial charge in [0.1, 0.15) is 11.5 Å². The third-order valence-corrected chi connectivity index (χ3v) is 3.25. The lowest BCUT2D eigenvalue weighted by Crippen LogP contribution is -2.33. The zero-order valence-electron chi connectivity index (χ0n) is 10.3. The van der Waals surface area contributed by atoms with Crippen molar-refractivity contribution in [1.29, 1.82) is 0 Å². The number of aromatic hydroxyl groups is 2. The van der Waals surface area contributed by atoms with E-state index < -0.39 is 16.7 Å². The molecule has 0 bridgehead atoms. The highest BCUT2D eigenvalue weighted by molar-refractivity contribution is 7.84. The van der Waals surface area contributed by atoms with Crippen molar-refractivity contribution in [3.05, 3.63) is 23.8 Å². The maximum atomic E-state index is 11.8. The summed E-state index contributed by atoms with van der Waals surface area (Å²) in [6.07, 6.45) is 2.22. The van der Waals surface area contributed by atoms with Crippen molar-refractivity contribution >= 4 is 16.7 Å². The minimum absolute atomic E-state index is 0.0986. The highest BCUT2D eigenvalue weighted by Gasteiger charge is 2.14. The second-order valence-electron chi connectivity index (χ2n) is 4.14. The number of phenols is 2. The molecule has 0 spiro atoms. The van der Waals surface area contributed by atoms with Gasteiger partial charge in [0.05, 0.1) is 5.56 Å². The minimum atomic E-state index is -0.887. The number of amides is 1. The molecule has 1 aromatic rings. The Balaban J connectivity index is 2.62. The van der Waals surface area contributed by atoms with Crippen molar-refractivity contribution in [3.8, 4) is 11.5 Å². The smallest absolute Gasteiger partial charge is 0.255 e. The number of hydrogen-bond acceptors (Lipinski definition) is 4. The van der Waals surface area contributed by atoms with Crippen LogP contribution in [-0.4, -0.2) is 38.4 Å². The van der Waals surface area contributed by atoms with Crippen LogP contribution in [0.15, 0.2) is 18.2 Å². The van der Waals surface area contributed by atoms with Gasteiger partial charge in [0.25, 0.3) is 5.91 Å². The van der Waals surface area contributed by atoms with Gasteiger partial charge in [-0.2, -0.15) is 0 Å². The van der Waals surface area contributed by atoms with Gasteiger partial charge in [-0.05, 0) is 25.5 Å². The first kappa shape index (κ1) is 14.5. The van der Waals surface area contributed by atoms with Crippen LogP contribution in [0.3, 0.4) is 0 Å². The van der Waals surface area contributed by atoms with E-state index in [1.165, 1.54) is 12.1 Å². The first-order chi connectivity index (χ1) is 8.40. The fourth-order valence-corrected chi connectivity index (χ4v) is 2.11. The molecule has 6 heteroatoms. The van der Waals surface area contributed by atoms with Crippen molar-refractivity contribution in [3.63, 3.8) is 0 Å². The van der Waals surface area contributed by atoms with Crippen molar-refractivity contribution < 1.29 is 19.2 Å². The third-order valence-electron chi connectivity index (χ3n) is 2.44. The second-order valence-corrected chi connectivity index (χ2v) is 5.70. The van der Waals surface area contributed by atoms with E-state index in [1.54, 1.807) is 6.26 Å². The zero-order chi connectivity index (χ0) is 13.7. The highest BCUT2D eigenvalue weighted by Crippen LogP contribution is 2.22. The van der Waals surface area contributed by atoms with Crippen LogP contribution in [0.25, 0.3) is 0 Å². The van der Waals surface area contributed by atoms with Crippen LogP contribution in [0.2, 0.25) is 0 Å². The highest BCUT2D eigenvalue weighted by atomic mass is 32.2. The molecular weight excluding hydrogens is 254 g/mol. The first-order valence-corrected chi connectivity index (χ1v) is 7.25. The van der Waals surface area contributed by atoms with E-state index in [-0.39, 0.29) is 23.1 Å². The normalized spacial score (nSPS) is 13.9. The molecule has 0 saturated heterocycles. The van der Waals surface area contributed by atoms with Gasteiger partial charge in [0, 0.05) is 34.9 Å². The second kappa shape index (κ2) is 6.39. The van der Waals surface area contributed by atoms with E-state index in [1.807, 2.05) is 6.92 Å². The van der Waals surface area contributed by atoms with Crippen molar-refractivity contribution in [1.82, 2.24) is 5.32 Å². The number of hydrogen-bond donors (Lipinski definition) is 3. The van der Waals surface area contributed by atoms with Crippen LogP contribution >= 0.6 is 0 Å². The Morgan fingerprint density at radius 3 is 2.67 bits per heavy atom. The molecule has 3 N–H and O–H groups in total. The molecule has 1 rings (SSSR count). The number of nitrogens with one attached hydrogen (secondary N) is 1. The van der Waals surface area contributed by atoms with Gasteiger partial charge < -0.3 is 15.5 Å². The Morgan fingerprint density at radius 1 is 1.44 bits per heavy atom. The minimum Gasteiger partial charge on any atom is -0.508 e. The fraction of sp³-hybridized carbons (Fsp3) is 0.417. The van der Waals surface area contributed by atoms with E-state index >= 15 is 0 Å². The lowest BCUT2D eigenvalue weighted by atomic mass is 10.1. The largest absolute Gasteiger partial charge is 0.508 e. The van der Waals surface area contributed by atoms with Crippen LogP contribution in [0, 0.1) is 0 Å². The summed E-state index contributed by atoms with van der Waals surface area (Å²) in [5.74, 6) is -0.262. The molecule has 5 nitrogen and oxygen atoms in total. The number of rotatable bonds is 5. The van der Waals surface area contributed by atoms with Crippen molar-refractivity contribution in [2.24, 2.45) is 0 Å². The summed E-state index contributed by atoms with van der Waals surface area (Å²) in [7, 11) is -0.887. The van der Waals surface area contributed by atoms with E-state index in [2.05, 4.69) is 5.32 Å². The predicted octanol–water partition coefficient (Wildman–Crippen LogP) is 0.985. The summed E-state index contributed by atoms with van der Waals surface area (Å²) in [6, 6.07) is 3.67. The molecular formula is C12H17NO4S. The summed E-state index contributed by atoms with van der Waals surface area (Å²) in [5.41, 5.74) is 0.109. The van der Waals surface area contributed by atoms with E-state index in [0.717, 1.165) is 6.07 Å². The monoisotopic (exact) mass is 271 g/mol. The van der Waals surface area contributed by atoms with E-state index in [9.17, 15) is 14.1 Å². The molecule has 0 aliphatic rings. The summed E-state index contributed by atoms with van der Waals surface area (Å²) < 4.78 is 10.9. The van der Waals surface area contributed by atoms with Crippen LogP contribution in [0.4, 0.5) is 0 Å². The van der Waals surface area contributed by atoms with E-state index in [4.69, 9.17) is 5.11 Å². The number of carbonyl (C=O) groups excluding carboxylic acids is 1. The summed E-state index contributed by atoms with van der Waals surface area (Å²) in [4.78, 5) is 11.8. The van der Waals surface area contributed by atoms with Gasteiger partial charge >= 0.3 is 0 Å². The Hall–Kier alpha value is -1.56. The Labute approximate surface area is 108 Å². The summed E-state index contributed by atoms with van der Waals surface area (Å²) in [5, 5.41) is 21.3. The molecule has 0 aliphatic heterocycles. The van der Waals surface area contributed by atoms with Gasteiger partial charge in [-0.3, -0.25) is 9.00 Å². The molecule has 0 saturated carbocycles. The SMILES string of the molecule is CC(CCS(C)=O)NC(=O)c1ccc(O)cc1O. The van der Waals surface area contributed by atoms with Crippen LogP contribution in [0.5, 0.6) is 11.5 Å². The van der Waals surface area contributed by atoms with Gasteiger partial charge in [0.15, 0.2) is 0 Å². The fourth-order valence-electron chi connectivity index (χ4n) is 1.43. The molecule has 0 heterocycles. The molecule has 2 unspecified atom stereocenters. The zero-order valence-corrected chi connectivity index (χ0v) is 11.2. The Morgan fingerprint density at radius 2 is 2.11 bits per heavy atom. The van der Waals surface area contributed by atoms with Gasteiger partial charge in [-0.15, -0.1) is 0 Å². The van der Waals surface area contributed by atoms with Crippen LogP contribution < -0.4 is 5.32 Å². The molecule has 0 aromatic heterocycles. The lowest BCUT2D eigenvalue weighted by Gasteiger charge is -2.13. The third kappa shape index (κ3) is 4.37. The molecule has 2 atom stereocenters. The molecule has 100 valence electrons. The molecule has 0 fully saturated rings. The topological polar surface area (TPSA) is 86.6 Å². The summed E-state index contributed by atoms with van der Waals surface area (Å²) >= 11 is 0. The standard InChI is InChI=1S/C12H17NO4S/c1-8(5-6-18(2)17)13-12(16)10-4-3-9(14)7-11(10)15/h3-4,7-8,14-15H,5-6H2,1-2H3,(H,13,16). The average Bonchev–Trinajstić information content (AvgIpc) is 2.26. The first-order valence-electron chi connectivity index (χ1n) is 5.53. The van der Waals surface area contributed by atoms with Gasteiger partial charge in [0.2, 0.25) is 0 Å². The average molecular weight is 271 g/mol. The van der Waals surface area contributed by atoms with E-state index in [0.29, 0.717) is 12.2 Å². The molecule has 0 radical (unpaired) electrons. The maximum Gasteiger partial charge on any atom is 0.255 e. The van der Waals surface area contributed by atoms with Crippen molar-refractivity contribution in [2.45, 2.75) is 19.4 Å². The van der Waals surface area contributed by atoms with Gasteiger partial charge in [-0.1, -0.05) is 0 Å². The molecule has 1 aromatic carbocycles. The molecule has 1 amide bonds. The maximum absolute atomic E-state index is 11.8. The number of benzene rings is 1. The molecule has 0 aliphatic carbocycles. The predicted molar refractivity (Wildman–Crippen MR) is 70.3 cm³/mol. The van der Waals surface area contributed by atoms with Crippen LogP contribution in [0.1, 0.15) is 23.7 Å². The van der Waals surface area contributed by atoms with Crippen molar-refractivity contribution in [2.75, 3.05) is 12.0 Å². The quantitative estimate of drug-likeness (QED) is 0.745. The van der Waals surface area contributed by atoms with Crippen LogP contribution in [-0.2, 0) is 10.8 Å². The number of phenolic OH excluding ortho intramolecular Hbond substituents is 2. The molecule has 18 heavy (non-hydrogen) atoms. The van der Waals surface area contributed by atoms with Gasteiger partial charge in [-0.25, -0.2) is 0 Å². The number of carbonyl (C=O) groups is 1. The lowest BCUT2D eigenvalue weighted by molar-refractivity contribution is 0.0937. The Kier molecular flexibility index (Phi) is 5.15. The summed E-state index contributed by atoms with van der Waals surface area (Å²) in [6.45, 7) is 1.81.